The van der Waals surface area contributed by atoms with Crippen LogP contribution >= 0.6 is 53.2 Å². The molecule has 3 fully saturated rings. The van der Waals surface area contributed by atoms with E-state index in [1.807, 2.05) is 83.1 Å². The van der Waals surface area contributed by atoms with E-state index >= 15 is 0 Å². The monoisotopic (exact) mass is 1180 g/mol. The smallest absolute Gasteiger partial charge is 0.478 e. The molecule has 14 nitrogen and oxygen atoms in total. The summed E-state index contributed by atoms with van der Waals surface area (Å²) >= 11 is 6.26. The Morgan fingerprint density at radius 3 is 1.10 bits per heavy atom. The van der Waals surface area contributed by atoms with Crippen LogP contribution < -0.4 is 5.46 Å². The topological polar surface area (TPSA) is 183 Å². The van der Waals surface area contributed by atoms with Crippen LogP contribution in [0.1, 0.15) is 131 Å². The van der Waals surface area contributed by atoms with Gasteiger partial charge in [0.2, 0.25) is 9.23 Å². The molecule has 3 heterocycles. The number of aromatic carboxylic acids is 1. The second-order valence-corrected chi connectivity index (χ2v) is 22.9. The van der Waals surface area contributed by atoms with Crippen LogP contribution in [0, 0.1) is 38.2 Å². The van der Waals surface area contributed by atoms with E-state index in [9.17, 15) is 27.6 Å². The number of aliphatic hydroxyl groups excluding tert-OH is 1. The third-order valence-electron chi connectivity index (χ3n) is 12.2. The number of carbonyl (C=O) groups is 3. The fraction of sp³-hybridized carbons (Fsp3) is 0.533. The molecule has 0 aliphatic carbocycles. The van der Waals surface area contributed by atoms with Gasteiger partial charge in [-0.05, 0) is 157 Å². The van der Waals surface area contributed by atoms with E-state index in [4.69, 9.17) is 42.3 Å². The highest BCUT2D eigenvalue weighted by Crippen LogP contribution is 2.43. The Morgan fingerprint density at radius 2 is 0.800 bits per heavy atom. The Hall–Kier alpha value is -2.54. The molecule has 0 atom stereocenters. The van der Waals surface area contributed by atoms with Gasteiger partial charge in [-0.15, -0.1) is 0 Å². The molecular weight excluding hydrogens is 1120 g/mol. The summed E-state index contributed by atoms with van der Waals surface area (Å²) in [6, 6.07) is 7.89. The molecule has 2 N–H and O–H groups in total. The quantitative estimate of drug-likeness (QED) is 0.140. The van der Waals surface area contributed by atoms with Gasteiger partial charge in [0.25, 0.3) is 0 Å². The molecule has 0 radical (unpaired) electrons. The maximum atomic E-state index is 14.1. The van der Waals surface area contributed by atoms with Crippen molar-refractivity contribution < 1.29 is 79.4 Å². The van der Waals surface area contributed by atoms with Gasteiger partial charge < -0.3 is 47.6 Å². The molecule has 0 aromatic heterocycles. The summed E-state index contributed by atoms with van der Waals surface area (Å²) in [5.41, 5.74) is -0.0623. The number of rotatable bonds is 5. The molecule has 0 spiro atoms. The van der Waals surface area contributed by atoms with Crippen molar-refractivity contribution in [2.24, 2.45) is 0 Å². The van der Waals surface area contributed by atoms with Gasteiger partial charge >= 0.3 is 39.0 Å². The number of hydrogen-bond donors (Lipinski definition) is 2. The van der Waals surface area contributed by atoms with Crippen LogP contribution in [0.4, 0.5) is 13.2 Å². The summed E-state index contributed by atoms with van der Waals surface area (Å²) in [6.45, 7) is 29.2. The van der Waals surface area contributed by atoms with Crippen LogP contribution in [0.5, 0.6) is 0 Å². The van der Waals surface area contributed by atoms with Gasteiger partial charge in [0, 0.05) is 37.4 Å². The average Bonchev–Trinajstić information content (AvgIpc) is 3.70. The van der Waals surface area contributed by atoms with Crippen LogP contribution in [-0.2, 0) is 46.6 Å². The van der Waals surface area contributed by atoms with E-state index in [-0.39, 0.29) is 39.1 Å². The molecular formula is C45H62B3Br2Cl2F3O14S. The Kier molecular flexibility index (Phi) is 24.4. The lowest BCUT2D eigenvalue weighted by atomic mass is 9.49. The molecule has 0 amide bonds. The van der Waals surface area contributed by atoms with Gasteiger partial charge in [0.15, 0.2) is 0 Å². The number of halogens is 7. The van der Waals surface area contributed by atoms with Crippen molar-refractivity contribution in [2.45, 2.75) is 137 Å². The number of esters is 2. The lowest BCUT2D eigenvalue weighted by Crippen LogP contribution is -2.41. The molecule has 390 valence electrons. The van der Waals surface area contributed by atoms with Crippen molar-refractivity contribution in [3.05, 3.63) is 96.2 Å². The molecule has 0 bridgehead atoms. The second-order valence-electron chi connectivity index (χ2n) is 18.7. The summed E-state index contributed by atoms with van der Waals surface area (Å²) in [7, 11) is 9.19. The van der Waals surface area contributed by atoms with Crippen LogP contribution in [0.25, 0.3) is 0 Å². The molecule has 0 saturated carbocycles. The Bertz CT molecular complexity index is 2280. The number of carboxylic acid groups (broad SMARTS) is 1. The van der Waals surface area contributed by atoms with Crippen molar-refractivity contribution in [1.82, 2.24) is 0 Å². The molecule has 6 rings (SSSR count). The van der Waals surface area contributed by atoms with E-state index in [1.165, 1.54) is 44.6 Å². The Morgan fingerprint density at radius 1 is 0.543 bits per heavy atom. The summed E-state index contributed by atoms with van der Waals surface area (Å²) in [6.07, 6.45) is 0. The minimum atomic E-state index is -1.67. The highest BCUT2D eigenvalue weighted by atomic mass is 79.9. The molecule has 25 heteroatoms. The zero-order valence-electron chi connectivity index (χ0n) is 42.5. The number of carboxylic acids is 1. The van der Waals surface area contributed by atoms with E-state index < -0.39 is 76.9 Å². The molecule has 0 unspecified atom stereocenters. The zero-order chi connectivity index (χ0) is 54.9. The predicted molar refractivity (Wildman–Crippen MR) is 274 cm³/mol. The first-order valence-electron chi connectivity index (χ1n) is 21.2. The van der Waals surface area contributed by atoms with Crippen molar-refractivity contribution in [3.63, 3.8) is 0 Å². The summed E-state index contributed by atoms with van der Waals surface area (Å²) < 4.78 is 95.0. The van der Waals surface area contributed by atoms with Crippen LogP contribution in [-0.4, -0.2) is 108 Å². The Balaban J connectivity index is 0.000000458. The minimum absolute atomic E-state index is 0.0387. The largest absolute Gasteiger partial charge is 0.495 e. The summed E-state index contributed by atoms with van der Waals surface area (Å²) in [5, 5.41) is 15.5. The molecule has 3 saturated heterocycles. The van der Waals surface area contributed by atoms with Gasteiger partial charge in [-0.3, -0.25) is 0 Å². The number of benzene rings is 3. The predicted octanol–water partition coefficient (Wildman–Crippen LogP) is 10.4. The normalized spacial score (nSPS) is 18.2. The van der Waals surface area contributed by atoms with Crippen LogP contribution in [0.3, 0.4) is 0 Å². The van der Waals surface area contributed by atoms with Crippen molar-refractivity contribution >= 4 is 107 Å². The molecule has 70 heavy (non-hydrogen) atoms. The number of methoxy groups -OCH3 is 2. The van der Waals surface area contributed by atoms with Crippen LogP contribution in [0.2, 0.25) is 0 Å². The van der Waals surface area contributed by atoms with Gasteiger partial charge in [-0.25, -0.2) is 31.8 Å². The van der Waals surface area contributed by atoms with E-state index in [1.54, 1.807) is 20.8 Å². The van der Waals surface area contributed by atoms with E-state index in [2.05, 4.69) is 62.7 Å². The van der Waals surface area contributed by atoms with Crippen LogP contribution in [0.15, 0.2) is 45.3 Å². The SMILES string of the molecule is CC1(C)OB(B2OC(C)(C)C(C)(C)O2)OC1(C)C.CO.COC(=O)c1cc(C)c(B2OC(C)(C)C(C)(C)O2)cc1F.COC(=O)c1cc(C)c(Br)cc1F.Cc1cc(C(=O)O)c(F)cc1Br.O=S(Cl)Cl. The Labute approximate surface area is 438 Å². The first kappa shape index (κ1) is 65.5. The van der Waals surface area contributed by atoms with E-state index in [0.29, 0.717) is 20.0 Å². The first-order chi connectivity index (χ1) is 31.8. The van der Waals surface area contributed by atoms with Gasteiger partial charge in [0.1, 0.15) is 17.5 Å². The number of aryl methyl sites for hydroxylation is 3. The molecule has 3 aliphatic heterocycles. The van der Waals surface area contributed by atoms with Gasteiger partial charge in [0.05, 0.1) is 64.5 Å². The molecule has 3 aromatic rings. The minimum Gasteiger partial charge on any atom is -0.478 e. The lowest BCUT2D eigenvalue weighted by Gasteiger charge is -2.32. The maximum absolute atomic E-state index is 14.1. The maximum Gasteiger partial charge on any atom is 0.495 e. The summed E-state index contributed by atoms with van der Waals surface area (Å²) in [4.78, 5) is 33.0. The number of hydrogen-bond acceptors (Lipinski definition) is 13. The average molecular weight is 1180 g/mol. The first-order valence-corrected chi connectivity index (χ1v) is 25.5. The highest BCUT2D eigenvalue weighted by Gasteiger charge is 2.63. The zero-order valence-corrected chi connectivity index (χ0v) is 48.0. The standard InChI is InChI=1S/C15H20BFO4.C12H24B2O4.C9H8BrFO2.C8H6BrFO2.CH4O.Cl2OS/c1-9-7-10(13(18)19-6)12(17)8-11(9)16-20-14(2,3)15(4,5)21-16;1-9(2)10(3,4)16-13(15-9)14-17-11(5,6)12(7,8)18-14;1-5-3-6(9(12)13-2)8(11)4-7(5)10;1-4-2-5(8(11)12)7(10)3-6(4)9;1-2;1-4(2)3/h7-8H,1-6H3;1-8H3;3-4H,1-2H3;2-3H,1H3,(H,11,12);2H,1H3;. The highest BCUT2D eigenvalue weighted by molar-refractivity contribution is 9.10. The van der Waals surface area contributed by atoms with Crippen molar-refractivity contribution in [3.8, 4) is 0 Å². The van der Waals surface area contributed by atoms with Gasteiger partial charge in [-0.2, -0.15) is 0 Å². The number of carbonyl (C=O) groups excluding carboxylic acids is 2. The summed E-state index contributed by atoms with van der Waals surface area (Å²) in [5.74, 6) is -4.55. The second kappa shape index (κ2) is 26.1. The fourth-order valence-electron chi connectivity index (χ4n) is 5.93. The third-order valence-corrected chi connectivity index (χ3v) is 13.9. The van der Waals surface area contributed by atoms with Gasteiger partial charge in [-0.1, -0.05) is 37.4 Å². The fourth-order valence-corrected chi connectivity index (χ4v) is 6.56. The lowest BCUT2D eigenvalue weighted by molar-refractivity contribution is 0.00578. The van der Waals surface area contributed by atoms with Crippen molar-refractivity contribution in [2.75, 3.05) is 21.3 Å². The third kappa shape index (κ3) is 17.0. The number of aliphatic hydroxyl groups is 1. The van der Waals surface area contributed by atoms with Crippen molar-refractivity contribution in [1.29, 1.82) is 0 Å². The molecule has 3 aliphatic rings. The molecule has 3 aromatic carbocycles. The number of ether oxygens (including phenoxy) is 2. The van der Waals surface area contributed by atoms with E-state index in [0.717, 1.165) is 24.3 Å².